The van der Waals surface area contributed by atoms with Gasteiger partial charge >= 0.3 is 6.03 Å². The summed E-state index contributed by atoms with van der Waals surface area (Å²) in [7, 11) is 1.65. The summed E-state index contributed by atoms with van der Waals surface area (Å²) in [6, 6.07) is 7.25. The molecule has 1 saturated heterocycles. The third-order valence-electron chi connectivity index (χ3n) is 3.22. The molecule has 7 heteroatoms. The lowest BCUT2D eigenvalue weighted by Gasteiger charge is -2.38. The molecule has 1 aromatic rings. The first-order valence-electron chi connectivity index (χ1n) is 6.10. The lowest BCUT2D eigenvalue weighted by atomic mass is 10.2. The van der Waals surface area contributed by atoms with E-state index in [1.54, 1.807) is 12.1 Å². The van der Waals surface area contributed by atoms with Gasteiger partial charge in [0.15, 0.2) is 0 Å². The largest absolute Gasteiger partial charge is 0.497 e. The molecule has 4 N–H and O–H groups in total. The van der Waals surface area contributed by atoms with E-state index in [1.807, 2.05) is 24.3 Å². The molecule has 19 heavy (non-hydrogen) atoms. The van der Waals surface area contributed by atoms with E-state index in [9.17, 15) is 4.79 Å². The summed E-state index contributed by atoms with van der Waals surface area (Å²) in [6.45, 7) is 2.89. The summed E-state index contributed by atoms with van der Waals surface area (Å²) in [5, 5.41) is 2.72. The molecule has 1 aliphatic heterocycles. The number of carbonyl (C=O) groups excluding carboxylic acids is 1. The maximum Gasteiger partial charge on any atom is 0.344 e. The lowest BCUT2D eigenvalue weighted by Crippen LogP contribution is -2.59. The molecule has 0 unspecified atom stereocenters. The van der Waals surface area contributed by atoms with Crippen LogP contribution in [0.3, 0.4) is 0 Å². The molecule has 104 valence electrons. The van der Waals surface area contributed by atoms with Crippen molar-refractivity contribution >= 4 is 11.7 Å². The van der Waals surface area contributed by atoms with Crippen molar-refractivity contribution in [3.05, 3.63) is 24.3 Å². The number of methoxy groups -OCH3 is 1. The van der Waals surface area contributed by atoms with Gasteiger partial charge in [0, 0.05) is 31.9 Å². The van der Waals surface area contributed by atoms with Crippen LogP contribution in [0.5, 0.6) is 5.75 Å². The summed E-state index contributed by atoms with van der Waals surface area (Å²) in [5.74, 6) is 6.40. The van der Waals surface area contributed by atoms with Crippen LogP contribution >= 0.6 is 0 Å². The van der Waals surface area contributed by atoms with Crippen molar-refractivity contribution in [3.8, 4) is 5.75 Å². The van der Waals surface area contributed by atoms with Gasteiger partial charge in [-0.05, 0) is 24.3 Å². The number of ether oxygens (including phenoxy) is 1. The first kappa shape index (κ1) is 13.4. The molecular formula is C12H19N5O2. The predicted molar refractivity (Wildman–Crippen MR) is 72.4 cm³/mol. The fraction of sp³-hybridized carbons (Fsp3) is 0.417. The lowest BCUT2D eigenvalue weighted by molar-refractivity contribution is 0.0121. The van der Waals surface area contributed by atoms with Crippen LogP contribution in [0.1, 0.15) is 0 Å². The van der Waals surface area contributed by atoms with Gasteiger partial charge < -0.3 is 15.4 Å². The Kier molecular flexibility index (Phi) is 4.08. The smallest absolute Gasteiger partial charge is 0.344 e. The number of benzene rings is 1. The van der Waals surface area contributed by atoms with Gasteiger partial charge in [0.05, 0.1) is 7.11 Å². The number of carbonyl (C=O) groups is 1. The number of primary amides is 1. The maximum atomic E-state index is 11.0. The molecule has 2 rings (SSSR count). The molecule has 2 amide bonds. The Morgan fingerprint density at radius 1 is 1.21 bits per heavy atom. The molecule has 1 fully saturated rings. The summed E-state index contributed by atoms with van der Waals surface area (Å²) < 4.78 is 5.13. The van der Waals surface area contributed by atoms with Gasteiger partial charge in [-0.15, -0.1) is 0 Å². The summed E-state index contributed by atoms with van der Waals surface area (Å²) in [6.07, 6.45) is 0. The van der Waals surface area contributed by atoms with Gasteiger partial charge in [0.2, 0.25) is 0 Å². The molecule has 0 saturated carbocycles. The summed E-state index contributed by atoms with van der Waals surface area (Å²) in [4.78, 5) is 13.2. The average molecular weight is 265 g/mol. The Morgan fingerprint density at radius 2 is 1.79 bits per heavy atom. The molecule has 0 aromatic heterocycles. The number of nitrogens with two attached hydrogens (primary N) is 2. The Balaban J connectivity index is 1.93. The van der Waals surface area contributed by atoms with Crippen molar-refractivity contribution in [1.82, 2.24) is 10.1 Å². The van der Waals surface area contributed by atoms with Crippen LogP contribution in [0.25, 0.3) is 0 Å². The number of urea groups is 1. The highest BCUT2D eigenvalue weighted by Crippen LogP contribution is 2.20. The molecule has 1 heterocycles. The second-order valence-corrected chi connectivity index (χ2v) is 4.32. The molecule has 1 aliphatic rings. The number of hydrogen-bond acceptors (Lipinski definition) is 5. The van der Waals surface area contributed by atoms with E-state index in [2.05, 4.69) is 4.90 Å². The third kappa shape index (κ3) is 3.07. The zero-order valence-electron chi connectivity index (χ0n) is 11.0. The SMILES string of the molecule is COc1ccc(N2CCN(N(N)C(N)=O)CC2)cc1. The molecule has 0 aliphatic carbocycles. The average Bonchev–Trinajstić information content (AvgIpc) is 2.46. The molecule has 0 spiro atoms. The van der Waals surface area contributed by atoms with Crippen molar-refractivity contribution in [3.63, 3.8) is 0 Å². The summed E-state index contributed by atoms with van der Waals surface area (Å²) in [5.41, 5.74) is 6.27. The molecule has 7 nitrogen and oxygen atoms in total. The Morgan fingerprint density at radius 3 is 2.26 bits per heavy atom. The highest BCUT2D eigenvalue weighted by molar-refractivity contribution is 5.70. The number of nitrogens with zero attached hydrogens (tertiary/aromatic N) is 3. The predicted octanol–water partition coefficient (Wildman–Crippen LogP) is -0.0134. The van der Waals surface area contributed by atoms with E-state index in [-0.39, 0.29) is 0 Å². The van der Waals surface area contributed by atoms with Crippen LogP contribution in [-0.4, -0.2) is 49.4 Å². The van der Waals surface area contributed by atoms with Gasteiger partial charge in [-0.25, -0.2) is 10.6 Å². The molecule has 0 bridgehead atoms. The second kappa shape index (κ2) is 5.77. The van der Waals surface area contributed by atoms with Gasteiger partial charge in [0.1, 0.15) is 5.75 Å². The third-order valence-corrected chi connectivity index (χ3v) is 3.22. The topological polar surface area (TPSA) is 88.1 Å². The maximum absolute atomic E-state index is 11.0. The van der Waals surface area contributed by atoms with E-state index >= 15 is 0 Å². The zero-order chi connectivity index (χ0) is 13.8. The Bertz CT molecular complexity index is 428. The van der Waals surface area contributed by atoms with E-state index < -0.39 is 6.03 Å². The number of anilines is 1. The quantitative estimate of drug-likeness (QED) is 0.456. The fourth-order valence-corrected chi connectivity index (χ4v) is 2.10. The van der Waals surface area contributed by atoms with Crippen LogP contribution in [0, 0.1) is 0 Å². The fourth-order valence-electron chi connectivity index (χ4n) is 2.10. The minimum atomic E-state index is -0.641. The number of piperazine rings is 1. The number of amides is 2. The van der Waals surface area contributed by atoms with Crippen LogP contribution in [-0.2, 0) is 0 Å². The van der Waals surface area contributed by atoms with Gasteiger partial charge in [-0.2, -0.15) is 10.1 Å². The first-order chi connectivity index (χ1) is 9.11. The van der Waals surface area contributed by atoms with Crippen LogP contribution in [0.4, 0.5) is 10.5 Å². The van der Waals surface area contributed by atoms with Crippen molar-refractivity contribution in [2.75, 3.05) is 38.2 Å². The monoisotopic (exact) mass is 265 g/mol. The van der Waals surface area contributed by atoms with E-state index in [1.165, 1.54) is 0 Å². The van der Waals surface area contributed by atoms with Crippen LogP contribution in [0.2, 0.25) is 0 Å². The van der Waals surface area contributed by atoms with Gasteiger partial charge in [-0.3, -0.25) is 0 Å². The first-order valence-corrected chi connectivity index (χ1v) is 6.10. The Hall–Kier alpha value is -1.99. The highest BCUT2D eigenvalue weighted by atomic mass is 16.5. The number of hydrogen-bond donors (Lipinski definition) is 2. The van der Waals surface area contributed by atoms with Crippen LogP contribution < -0.4 is 21.2 Å². The van der Waals surface area contributed by atoms with Gasteiger partial charge in [-0.1, -0.05) is 0 Å². The van der Waals surface area contributed by atoms with Gasteiger partial charge in [0.25, 0.3) is 0 Å². The highest BCUT2D eigenvalue weighted by Gasteiger charge is 2.22. The normalized spacial score (nSPS) is 16.2. The molecular weight excluding hydrogens is 246 g/mol. The minimum Gasteiger partial charge on any atom is -0.497 e. The Labute approximate surface area is 112 Å². The van der Waals surface area contributed by atoms with E-state index in [0.29, 0.717) is 13.1 Å². The molecule has 1 aromatic carbocycles. The molecule has 0 atom stereocenters. The summed E-state index contributed by atoms with van der Waals surface area (Å²) >= 11 is 0. The number of rotatable bonds is 3. The number of hydrazine groups is 2. The zero-order valence-corrected chi connectivity index (χ0v) is 11.0. The van der Waals surface area contributed by atoms with Crippen LogP contribution in [0.15, 0.2) is 24.3 Å². The van der Waals surface area contributed by atoms with Crippen molar-refractivity contribution < 1.29 is 9.53 Å². The van der Waals surface area contributed by atoms with E-state index in [4.69, 9.17) is 16.3 Å². The minimum absolute atomic E-state index is 0.641. The standard InChI is InChI=1S/C12H19N5O2/c1-19-11-4-2-10(3-5-11)15-6-8-16(9-7-15)17(14)12(13)18/h2-5H,6-9,14H2,1H3,(H2,13,18). The van der Waals surface area contributed by atoms with Crippen molar-refractivity contribution in [1.29, 1.82) is 0 Å². The van der Waals surface area contributed by atoms with Crippen molar-refractivity contribution in [2.45, 2.75) is 0 Å². The second-order valence-electron chi connectivity index (χ2n) is 4.32. The van der Waals surface area contributed by atoms with Crippen molar-refractivity contribution in [2.24, 2.45) is 11.6 Å². The molecule has 0 radical (unpaired) electrons. The van der Waals surface area contributed by atoms with E-state index in [0.717, 1.165) is 29.6 Å².